The molecule has 158 valence electrons. The highest BCUT2D eigenvalue weighted by Crippen LogP contribution is 2.33. The van der Waals surface area contributed by atoms with Crippen LogP contribution in [-0.2, 0) is 16.4 Å². The first-order chi connectivity index (χ1) is 13.4. The Balaban J connectivity index is 2.75. The predicted octanol–water partition coefficient (Wildman–Crippen LogP) is 4.45. The Morgan fingerprint density at radius 3 is 2.28 bits per heavy atom. The van der Waals surface area contributed by atoms with E-state index in [-0.39, 0.29) is 16.8 Å². The second-order valence-electron chi connectivity index (χ2n) is 7.68. The van der Waals surface area contributed by atoms with Crippen LogP contribution in [0.5, 0.6) is 5.88 Å². The highest BCUT2D eigenvalue weighted by molar-refractivity contribution is 7.90. The number of nitrogens with zero attached hydrogens (tertiary/aromatic N) is 2. The average molecular weight is 419 g/mol. The molecule has 2 rings (SSSR count). The summed E-state index contributed by atoms with van der Waals surface area (Å²) in [7, 11) is -3.45. The van der Waals surface area contributed by atoms with E-state index in [9.17, 15) is 13.2 Å². The Bertz CT molecular complexity index is 1070. The van der Waals surface area contributed by atoms with Crippen molar-refractivity contribution in [2.24, 2.45) is 0 Å². The van der Waals surface area contributed by atoms with Gasteiger partial charge in [-0.1, -0.05) is 5.57 Å². The standard InChI is InChI=1S/C22H30N2O4S/c1-9-24-22(28-14(4)5)18(12-23-24)21(25)17-10-11-19(29(8,26)27)20(16(17)7)15(6)13(2)3/h10-12,14H,9H2,1-8H3. The number of ketones is 1. The number of carbonyl (C=O) groups is 1. The third-order valence-electron chi connectivity index (χ3n) is 4.88. The first-order valence-electron chi connectivity index (χ1n) is 9.65. The van der Waals surface area contributed by atoms with Crippen LogP contribution in [0.3, 0.4) is 0 Å². The van der Waals surface area contributed by atoms with Crippen LogP contribution < -0.4 is 4.74 Å². The topological polar surface area (TPSA) is 78.3 Å². The first-order valence-corrected chi connectivity index (χ1v) is 11.5. The summed E-state index contributed by atoms with van der Waals surface area (Å²) in [4.78, 5) is 13.6. The van der Waals surface area contributed by atoms with Gasteiger partial charge in [0.2, 0.25) is 5.88 Å². The van der Waals surface area contributed by atoms with E-state index in [0.717, 1.165) is 11.1 Å². The molecule has 0 aliphatic heterocycles. The van der Waals surface area contributed by atoms with Crippen molar-refractivity contribution in [1.29, 1.82) is 0 Å². The lowest BCUT2D eigenvalue weighted by molar-refractivity contribution is 0.103. The third-order valence-corrected chi connectivity index (χ3v) is 6.02. The maximum absolute atomic E-state index is 13.4. The fourth-order valence-electron chi connectivity index (χ4n) is 3.21. The summed E-state index contributed by atoms with van der Waals surface area (Å²) < 4.78 is 32.2. The van der Waals surface area contributed by atoms with Crippen LogP contribution in [0.1, 0.15) is 68.6 Å². The number of carbonyl (C=O) groups excluding carboxylic acids is 1. The molecule has 2 aromatic rings. The van der Waals surface area contributed by atoms with Crippen LogP contribution >= 0.6 is 0 Å². The maximum atomic E-state index is 13.4. The van der Waals surface area contributed by atoms with Gasteiger partial charge in [0.15, 0.2) is 15.6 Å². The molecular formula is C22H30N2O4S. The van der Waals surface area contributed by atoms with E-state index in [1.165, 1.54) is 18.5 Å². The zero-order chi connectivity index (χ0) is 22.1. The Kier molecular flexibility index (Phi) is 6.73. The Morgan fingerprint density at radius 2 is 1.79 bits per heavy atom. The molecular weight excluding hydrogens is 388 g/mol. The first kappa shape index (κ1) is 22.9. The molecule has 0 saturated heterocycles. The van der Waals surface area contributed by atoms with E-state index in [1.54, 1.807) is 17.7 Å². The van der Waals surface area contributed by atoms with Gasteiger partial charge in [0, 0.05) is 18.4 Å². The van der Waals surface area contributed by atoms with Gasteiger partial charge < -0.3 is 4.74 Å². The quantitative estimate of drug-likeness (QED) is 0.621. The highest BCUT2D eigenvalue weighted by atomic mass is 32.2. The highest BCUT2D eigenvalue weighted by Gasteiger charge is 2.26. The molecule has 0 N–H and O–H groups in total. The van der Waals surface area contributed by atoms with Gasteiger partial charge in [0.25, 0.3) is 0 Å². The SMILES string of the molecule is CCn1ncc(C(=O)c2ccc(S(C)(=O)=O)c(C(C)=C(C)C)c2C)c1OC(C)C. The zero-order valence-corrected chi connectivity index (χ0v) is 19.3. The van der Waals surface area contributed by atoms with Crippen molar-refractivity contribution < 1.29 is 17.9 Å². The van der Waals surface area contributed by atoms with Gasteiger partial charge in [-0.25, -0.2) is 13.1 Å². The van der Waals surface area contributed by atoms with E-state index in [4.69, 9.17) is 4.74 Å². The molecule has 0 fully saturated rings. The van der Waals surface area contributed by atoms with Crippen molar-refractivity contribution in [3.8, 4) is 5.88 Å². The molecule has 1 aromatic heterocycles. The van der Waals surface area contributed by atoms with Gasteiger partial charge in [-0.15, -0.1) is 0 Å². The Labute approximate surface area is 173 Å². The molecule has 0 aliphatic rings. The minimum atomic E-state index is -3.45. The van der Waals surface area contributed by atoms with Crippen molar-refractivity contribution in [2.45, 2.75) is 66.0 Å². The summed E-state index contributed by atoms with van der Waals surface area (Å²) in [5.41, 5.74) is 3.88. The van der Waals surface area contributed by atoms with Crippen LogP contribution in [0.25, 0.3) is 5.57 Å². The lowest BCUT2D eigenvalue weighted by Crippen LogP contribution is -2.14. The Morgan fingerprint density at radius 1 is 1.17 bits per heavy atom. The number of aryl methyl sites for hydroxylation is 1. The van der Waals surface area contributed by atoms with Crippen molar-refractivity contribution >= 4 is 21.2 Å². The molecule has 0 spiro atoms. The fourth-order valence-corrected chi connectivity index (χ4v) is 4.20. The van der Waals surface area contributed by atoms with Crippen molar-refractivity contribution in [1.82, 2.24) is 9.78 Å². The van der Waals surface area contributed by atoms with Crippen molar-refractivity contribution in [3.05, 3.63) is 46.2 Å². The van der Waals surface area contributed by atoms with Gasteiger partial charge in [-0.2, -0.15) is 5.10 Å². The smallest absolute Gasteiger partial charge is 0.223 e. The number of aromatic nitrogens is 2. The molecule has 1 heterocycles. The number of rotatable bonds is 7. The van der Waals surface area contributed by atoms with Gasteiger partial charge in [-0.3, -0.25) is 4.79 Å². The van der Waals surface area contributed by atoms with Crippen molar-refractivity contribution in [2.75, 3.05) is 6.26 Å². The summed E-state index contributed by atoms with van der Waals surface area (Å²) in [5, 5.41) is 4.27. The molecule has 29 heavy (non-hydrogen) atoms. The average Bonchev–Trinajstić information content (AvgIpc) is 3.01. The summed E-state index contributed by atoms with van der Waals surface area (Å²) >= 11 is 0. The third kappa shape index (κ3) is 4.61. The van der Waals surface area contributed by atoms with Crippen LogP contribution in [0.4, 0.5) is 0 Å². The Hall–Kier alpha value is -2.41. The predicted molar refractivity (Wildman–Crippen MR) is 115 cm³/mol. The molecule has 0 saturated carbocycles. The second-order valence-corrected chi connectivity index (χ2v) is 9.67. The molecule has 7 heteroatoms. The number of hydrogen-bond donors (Lipinski definition) is 0. The van der Waals surface area contributed by atoms with E-state index in [0.29, 0.717) is 34.7 Å². The number of benzene rings is 1. The van der Waals surface area contributed by atoms with Crippen LogP contribution in [0, 0.1) is 6.92 Å². The lowest BCUT2D eigenvalue weighted by atomic mass is 9.91. The van der Waals surface area contributed by atoms with Gasteiger partial charge in [0.1, 0.15) is 5.56 Å². The molecule has 1 aromatic carbocycles. The van der Waals surface area contributed by atoms with Crippen LogP contribution in [0.15, 0.2) is 28.8 Å². The maximum Gasteiger partial charge on any atom is 0.223 e. The number of sulfone groups is 1. The van der Waals surface area contributed by atoms with Crippen LogP contribution in [-0.4, -0.2) is 36.3 Å². The van der Waals surface area contributed by atoms with Gasteiger partial charge >= 0.3 is 0 Å². The summed E-state index contributed by atoms with van der Waals surface area (Å²) in [5.74, 6) is 0.195. The minimum Gasteiger partial charge on any atom is -0.475 e. The molecule has 0 amide bonds. The normalized spacial score (nSPS) is 11.6. The minimum absolute atomic E-state index is 0.110. The molecule has 0 radical (unpaired) electrons. The number of ether oxygens (including phenoxy) is 1. The summed E-state index contributed by atoms with van der Waals surface area (Å²) in [6.07, 6.45) is 2.59. The summed E-state index contributed by atoms with van der Waals surface area (Å²) in [6, 6.07) is 3.10. The molecule has 6 nitrogen and oxygen atoms in total. The number of allylic oxidation sites excluding steroid dienone is 2. The molecule has 0 atom stereocenters. The van der Waals surface area contributed by atoms with E-state index >= 15 is 0 Å². The van der Waals surface area contributed by atoms with Crippen molar-refractivity contribution in [3.63, 3.8) is 0 Å². The van der Waals surface area contributed by atoms with E-state index < -0.39 is 9.84 Å². The molecule has 0 bridgehead atoms. The van der Waals surface area contributed by atoms with Gasteiger partial charge in [-0.05, 0) is 77.3 Å². The van der Waals surface area contributed by atoms with E-state index in [1.807, 2.05) is 41.5 Å². The lowest BCUT2D eigenvalue weighted by Gasteiger charge is -2.17. The largest absolute Gasteiger partial charge is 0.475 e. The second kappa shape index (κ2) is 8.53. The van der Waals surface area contributed by atoms with E-state index in [2.05, 4.69) is 5.10 Å². The zero-order valence-electron chi connectivity index (χ0n) is 18.5. The van der Waals surface area contributed by atoms with Crippen LogP contribution in [0.2, 0.25) is 0 Å². The fraction of sp³-hybridized carbons (Fsp3) is 0.455. The summed E-state index contributed by atoms with van der Waals surface area (Å²) in [6.45, 7) is 13.8. The molecule has 0 aliphatic carbocycles. The molecule has 0 unspecified atom stereocenters. The monoisotopic (exact) mass is 418 g/mol. The number of hydrogen-bond acceptors (Lipinski definition) is 5. The van der Waals surface area contributed by atoms with Gasteiger partial charge in [0.05, 0.1) is 17.2 Å².